The second-order valence-corrected chi connectivity index (χ2v) is 6.62. The molecule has 0 amide bonds. The van der Waals surface area contributed by atoms with E-state index in [0.717, 1.165) is 12.1 Å². The van der Waals surface area contributed by atoms with E-state index in [-0.39, 0.29) is 0 Å². The maximum atomic E-state index is 11.1. The lowest BCUT2D eigenvalue weighted by Gasteiger charge is -2.33. The van der Waals surface area contributed by atoms with Crippen molar-refractivity contribution in [1.29, 1.82) is 0 Å². The van der Waals surface area contributed by atoms with Gasteiger partial charge in [-0.2, -0.15) is 0 Å². The molecule has 3 heteroatoms. The van der Waals surface area contributed by atoms with Gasteiger partial charge in [0.2, 0.25) is 0 Å². The van der Waals surface area contributed by atoms with Crippen LogP contribution in [0.2, 0.25) is 0 Å². The van der Waals surface area contributed by atoms with E-state index in [1.165, 1.54) is 37.8 Å². The minimum absolute atomic E-state index is 0.381. The number of aromatic carboxylic acids is 1. The Morgan fingerprint density at radius 3 is 2.52 bits per heavy atom. The molecule has 0 radical (unpaired) electrons. The second kappa shape index (κ2) is 6.97. The van der Waals surface area contributed by atoms with Gasteiger partial charge in [-0.1, -0.05) is 26.7 Å². The highest BCUT2D eigenvalue weighted by atomic mass is 16.4. The average molecular weight is 289 g/mol. The van der Waals surface area contributed by atoms with E-state index < -0.39 is 5.97 Å². The van der Waals surface area contributed by atoms with Crippen LogP contribution in [0.3, 0.4) is 0 Å². The molecule has 1 N–H and O–H groups in total. The summed E-state index contributed by atoms with van der Waals surface area (Å²) >= 11 is 0. The molecule has 0 saturated heterocycles. The van der Waals surface area contributed by atoms with Gasteiger partial charge in [0.15, 0.2) is 0 Å². The molecule has 1 aliphatic carbocycles. The molecule has 1 aromatic carbocycles. The van der Waals surface area contributed by atoms with Gasteiger partial charge >= 0.3 is 5.97 Å². The molecule has 0 atom stereocenters. The van der Waals surface area contributed by atoms with E-state index in [0.29, 0.717) is 17.5 Å². The van der Waals surface area contributed by atoms with Crippen molar-refractivity contribution >= 4 is 11.7 Å². The van der Waals surface area contributed by atoms with Crippen molar-refractivity contribution < 1.29 is 9.90 Å². The van der Waals surface area contributed by atoms with Crippen LogP contribution in [0.15, 0.2) is 18.2 Å². The number of carboxylic acid groups (broad SMARTS) is 1. The molecule has 0 unspecified atom stereocenters. The van der Waals surface area contributed by atoms with Crippen molar-refractivity contribution in [3.05, 3.63) is 29.3 Å². The topological polar surface area (TPSA) is 40.5 Å². The Kier molecular flexibility index (Phi) is 5.27. The third kappa shape index (κ3) is 3.99. The summed E-state index contributed by atoms with van der Waals surface area (Å²) < 4.78 is 0. The molecule has 0 heterocycles. The van der Waals surface area contributed by atoms with E-state index in [9.17, 15) is 4.79 Å². The Morgan fingerprint density at radius 2 is 2.00 bits per heavy atom. The van der Waals surface area contributed by atoms with Crippen LogP contribution in [0.5, 0.6) is 0 Å². The molecule has 0 spiro atoms. The van der Waals surface area contributed by atoms with Crippen molar-refractivity contribution in [2.45, 2.75) is 58.9 Å². The Morgan fingerprint density at radius 1 is 1.33 bits per heavy atom. The number of nitrogens with zero attached hydrogens (tertiary/aromatic N) is 1. The fraction of sp³-hybridized carbons (Fsp3) is 0.611. The van der Waals surface area contributed by atoms with Crippen LogP contribution in [-0.4, -0.2) is 23.7 Å². The molecule has 0 aliphatic heterocycles. The summed E-state index contributed by atoms with van der Waals surface area (Å²) in [6.45, 7) is 7.61. The maximum absolute atomic E-state index is 11.1. The van der Waals surface area contributed by atoms with Crippen molar-refractivity contribution in [1.82, 2.24) is 0 Å². The zero-order chi connectivity index (χ0) is 15.4. The zero-order valence-corrected chi connectivity index (χ0v) is 13.4. The Balaban J connectivity index is 2.24. The zero-order valence-electron chi connectivity index (χ0n) is 13.4. The Labute approximate surface area is 128 Å². The smallest absolute Gasteiger partial charge is 0.335 e. The standard InChI is InChI=1S/C18H27NO2/c1-13(2)10-11-19(16-6-4-5-7-16)17-9-8-15(18(20)21)12-14(17)3/h8-9,12-13,16H,4-7,10-11H2,1-3H3,(H,20,21). The van der Waals surface area contributed by atoms with Crippen molar-refractivity contribution in [2.75, 3.05) is 11.4 Å². The summed E-state index contributed by atoms with van der Waals surface area (Å²) in [5.41, 5.74) is 2.67. The summed E-state index contributed by atoms with van der Waals surface area (Å²) in [4.78, 5) is 13.6. The molecule has 1 fully saturated rings. The lowest BCUT2D eigenvalue weighted by molar-refractivity contribution is 0.0697. The molecule has 3 nitrogen and oxygen atoms in total. The van der Waals surface area contributed by atoms with Gasteiger partial charge in [-0.15, -0.1) is 0 Å². The number of hydrogen-bond donors (Lipinski definition) is 1. The normalized spacial score (nSPS) is 15.6. The molecule has 1 saturated carbocycles. The first kappa shape index (κ1) is 15.9. The van der Waals surface area contributed by atoms with Gasteiger partial charge in [0.1, 0.15) is 0 Å². The third-order valence-corrected chi connectivity index (χ3v) is 4.47. The molecule has 1 aromatic rings. The van der Waals surface area contributed by atoms with E-state index >= 15 is 0 Å². The SMILES string of the molecule is Cc1cc(C(=O)O)ccc1N(CCC(C)C)C1CCCC1. The van der Waals surface area contributed by atoms with Gasteiger partial charge in [-0.3, -0.25) is 0 Å². The van der Waals surface area contributed by atoms with Gasteiger partial charge in [0.05, 0.1) is 5.56 Å². The summed E-state index contributed by atoms with van der Waals surface area (Å²) in [5.74, 6) is -0.160. The van der Waals surface area contributed by atoms with Crippen LogP contribution in [-0.2, 0) is 0 Å². The van der Waals surface area contributed by atoms with E-state index in [2.05, 4.69) is 18.7 Å². The number of aryl methyl sites for hydroxylation is 1. The van der Waals surface area contributed by atoms with Gasteiger partial charge in [0.25, 0.3) is 0 Å². The number of anilines is 1. The average Bonchev–Trinajstić information content (AvgIpc) is 2.94. The number of carbonyl (C=O) groups is 1. The molecular formula is C18H27NO2. The fourth-order valence-corrected chi connectivity index (χ4v) is 3.22. The Hall–Kier alpha value is -1.51. The minimum Gasteiger partial charge on any atom is -0.478 e. The van der Waals surface area contributed by atoms with Gasteiger partial charge in [-0.05, 0) is 55.9 Å². The highest BCUT2D eigenvalue weighted by Gasteiger charge is 2.24. The van der Waals surface area contributed by atoms with E-state index in [1.54, 1.807) is 12.1 Å². The van der Waals surface area contributed by atoms with Crippen LogP contribution in [0.25, 0.3) is 0 Å². The Bertz CT molecular complexity index is 490. The van der Waals surface area contributed by atoms with Crippen molar-refractivity contribution in [3.63, 3.8) is 0 Å². The summed E-state index contributed by atoms with van der Waals surface area (Å²) in [6, 6.07) is 6.16. The van der Waals surface area contributed by atoms with Crippen LogP contribution >= 0.6 is 0 Å². The monoisotopic (exact) mass is 289 g/mol. The maximum Gasteiger partial charge on any atom is 0.335 e. The quantitative estimate of drug-likeness (QED) is 0.839. The number of rotatable bonds is 6. The molecule has 2 rings (SSSR count). The lowest BCUT2D eigenvalue weighted by atomic mass is 10.0. The minimum atomic E-state index is -0.848. The van der Waals surface area contributed by atoms with Crippen LogP contribution < -0.4 is 4.90 Å². The van der Waals surface area contributed by atoms with Crippen LogP contribution in [0.1, 0.15) is 61.9 Å². The number of benzene rings is 1. The number of carboxylic acids is 1. The lowest BCUT2D eigenvalue weighted by Crippen LogP contribution is -2.35. The second-order valence-electron chi connectivity index (χ2n) is 6.62. The predicted molar refractivity (Wildman–Crippen MR) is 87.2 cm³/mol. The summed E-state index contributed by atoms with van der Waals surface area (Å²) in [6.07, 6.45) is 6.33. The molecule has 21 heavy (non-hydrogen) atoms. The number of hydrogen-bond acceptors (Lipinski definition) is 2. The largest absolute Gasteiger partial charge is 0.478 e. The highest BCUT2D eigenvalue weighted by Crippen LogP contribution is 2.31. The van der Waals surface area contributed by atoms with Gasteiger partial charge < -0.3 is 10.0 Å². The van der Waals surface area contributed by atoms with Crippen molar-refractivity contribution in [3.8, 4) is 0 Å². The van der Waals surface area contributed by atoms with Crippen molar-refractivity contribution in [2.24, 2.45) is 5.92 Å². The van der Waals surface area contributed by atoms with Crippen LogP contribution in [0.4, 0.5) is 5.69 Å². The first-order chi connectivity index (χ1) is 9.99. The summed E-state index contributed by atoms with van der Waals surface area (Å²) in [7, 11) is 0. The summed E-state index contributed by atoms with van der Waals surface area (Å²) in [5, 5.41) is 9.11. The van der Waals surface area contributed by atoms with E-state index in [4.69, 9.17) is 5.11 Å². The molecule has 1 aliphatic rings. The molecule has 116 valence electrons. The fourth-order valence-electron chi connectivity index (χ4n) is 3.22. The van der Waals surface area contributed by atoms with Gasteiger partial charge in [-0.25, -0.2) is 4.79 Å². The molecule has 0 aromatic heterocycles. The predicted octanol–water partition coefficient (Wildman–Crippen LogP) is 4.49. The first-order valence-electron chi connectivity index (χ1n) is 8.09. The molecular weight excluding hydrogens is 262 g/mol. The first-order valence-corrected chi connectivity index (χ1v) is 8.09. The molecule has 0 bridgehead atoms. The van der Waals surface area contributed by atoms with E-state index in [1.807, 2.05) is 13.0 Å². The third-order valence-electron chi connectivity index (χ3n) is 4.47. The van der Waals surface area contributed by atoms with Gasteiger partial charge in [0, 0.05) is 18.3 Å². The van der Waals surface area contributed by atoms with Crippen LogP contribution in [0, 0.1) is 12.8 Å². The highest BCUT2D eigenvalue weighted by molar-refractivity contribution is 5.88.